The molecule has 0 aliphatic rings. The van der Waals surface area contributed by atoms with Crippen molar-refractivity contribution in [3.8, 4) is 34.5 Å². The molecule has 0 radical (unpaired) electrons. The second kappa shape index (κ2) is 19.2. The van der Waals surface area contributed by atoms with E-state index in [0.29, 0.717) is 66.8 Å². The van der Waals surface area contributed by atoms with E-state index >= 15 is 0 Å². The van der Waals surface area contributed by atoms with Gasteiger partial charge in [-0.25, -0.2) is 0 Å². The largest absolute Gasteiger partial charge is 0.493 e. The topological polar surface area (TPSA) is 116 Å². The van der Waals surface area contributed by atoms with Crippen LogP contribution in [0.1, 0.15) is 51.5 Å². The molecule has 2 heterocycles. The van der Waals surface area contributed by atoms with Gasteiger partial charge in [-0.2, -0.15) is 9.13 Å². The first-order chi connectivity index (χ1) is 24.6. The molecule has 0 atom stereocenters. The number of ether oxygens (including phenoxy) is 8. The summed E-state index contributed by atoms with van der Waals surface area (Å²) in [6.45, 7) is 5.89. The average Bonchev–Trinajstić information content (AvgIpc) is 3.66. The van der Waals surface area contributed by atoms with Crippen LogP contribution in [0.25, 0.3) is 0 Å². The summed E-state index contributed by atoms with van der Waals surface area (Å²) >= 11 is 3.24. The molecule has 0 unspecified atom stereocenters. The fourth-order valence-corrected chi connectivity index (χ4v) is 7.53. The minimum Gasteiger partial charge on any atom is -0.493 e. The number of carbonyl (C=O) groups excluding carboxylic acids is 2. The molecule has 0 amide bonds. The molecular weight excluding hydrogens is 697 g/mol. The van der Waals surface area contributed by atoms with Crippen LogP contribution in [0.15, 0.2) is 35.3 Å². The Morgan fingerprint density at radius 1 is 0.569 bits per heavy atom. The van der Waals surface area contributed by atoms with Crippen LogP contribution in [-0.4, -0.2) is 67.8 Å². The number of thiazole rings is 2. The number of aromatic nitrogens is 2. The van der Waals surface area contributed by atoms with Crippen LogP contribution >= 0.6 is 22.7 Å². The SMILES string of the molecule is COc1cc(C[n+]2csc(CCOC(=O)CCCC(=O)OCCc3sc[n+](Cc4cc(OC)c(OC)c(OC)c4)c3C)c2C)cc(OC)c1OC. The van der Waals surface area contributed by atoms with Crippen LogP contribution in [0.2, 0.25) is 0 Å². The van der Waals surface area contributed by atoms with Gasteiger partial charge in [0.25, 0.3) is 0 Å². The summed E-state index contributed by atoms with van der Waals surface area (Å²) in [5.41, 5.74) is 8.31. The first-order valence-corrected chi connectivity index (χ1v) is 18.2. The molecule has 276 valence electrons. The number of rotatable bonds is 20. The van der Waals surface area contributed by atoms with Gasteiger partial charge < -0.3 is 37.9 Å². The Bertz CT molecular complexity index is 1610. The van der Waals surface area contributed by atoms with Gasteiger partial charge in [-0.05, 0) is 30.7 Å². The summed E-state index contributed by atoms with van der Waals surface area (Å²) in [7, 11) is 9.55. The highest BCUT2D eigenvalue weighted by molar-refractivity contribution is 7.09. The van der Waals surface area contributed by atoms with Crippen LogP contribution in [0, 0.1) is 13.8 Å². The number of methoxy groups -OCH3 is 6. The summed E-state index contributed by atoms with van der Waals surface area (Å²) < 4.78 is 48.0. The van der Waals surface area contributed by atoms with Crippen LogP contribution in [-0.2, 0) is 45.0 Å². The summed E-state index contributed by atoms with van der Waals surface area (Å²) in [6, 6.07) is 7.74. The standard InChI is InChI=1S/C37H48N2O10S2/c1-24-32(50-22-38(24)20-26-16-28(42-3)36(46-7)29(17-26)43-4)12-14-48-34(40)10-9-11-35(41)49-15-13-33-25(2)39(23-51-33)21-27-18-30(44-5)37(47-8)31(19-27)45-6/h16-19,22-23H,9-15,20-21H2,1-8H3/q+2. The number of nitrogens with zero attached hydrogens (tertiary/aromatic N) is 2. The van der Waals surface area contributed by atoms with Crippen molar-refractivity contribution < 1.29 is 56.6 Å². The molecule has 0 N–H and O–H groups in total. The quantitative estimate of drug-likeness (QED) is 0.0885. The second-order valence-electron chi connectivity index (χ2n) is 11.6. The molecule has 4 aromatic rings. The van der Waals surface area contributed by atoms with E-state index < -0.39 is 0 Å². The Morgan fingerprint density at radius 3 is 1.24 bits per heavy atom. The van der Waals surface area contributed by atoms with E-state index in [-0.39, 0.29) is 38.0 Å². The highest BCUT2D eigenvalue weighted by atomic mass is 32.1. The summed E-state index contributed by atoms with van der Waals surface area (Å²) in [4.78, 5) is 27.0. The Morgan fingerprint density at radius 2 is 0.922 bits per heavy atom. The molecule has 0 bridgehead atoms. The van der Waals surface area contributed by atoms with Gasteiger partial charge in [0, 0.05) is 50.7 Å². The maximum absolute atomic E-state index is 12.4. The van der Waals surface area contributed by atoms with Crippen molar-refractivity contribution >= 4 is 34.6 Å². The van der Waals surface area contributed by atoms with Crippen molar-refractivity contribution in [2.24, 2.45) is 0 Å². The lowest BCUT2D eigenvalue weighted by Gasteiger charge is -2.13. The lowest BCUT2D eigenvalue weighted by atomic mass is 10.1. The van der Waals surface area contributed by atoms with E-state index in [1.54, 1.807) is 65.3 Å². The Hall–Kier alpha value is -4.56. The van der Waals surface area contributed by atoms with E-state index in [4.69, 9.17) is 37.9 Å². The average molecular weight is 745 g/mol. The van der Waals surface area contributed by atoms with E-state index in [9.17, 15) is 9.59 Å². The predicted octanol–water partition coefficient (Wildman–Crippen LogP) is 5.19. The molecule has 0 saturated heterocycles. The fraction of sp³-hybridized carbons (Fsp3) is 0.459. The van der Waals surface area contributed by atoms with E-state index in [1.165, 1.54) is 0 Å². The molecule has 0 saturated carbocycles. The van der Waals surface area contributed by atoms with Crippen molar-refractivity contribution in [2.45, 2.75) is 59.0 Å². The lowest BCUT2D eigenvalue weighted by Crippen LogP contribution is -2.35. The van der Waals surface area contributed by atoms with Crippen molar-refractivity contribution in [1.29, 1.82) is 0 Å². The highest BCUT2D eigenvalue weighted by Gasteiger charge is 2.21. The molecule has 0 fully saturated rings. The maximum atomic E-state index is 12.4. The summed E-state index contributed by atoms with van der Waals surface area (Å²) in [6.07, 6.45) is 1.90. The lowest BCUT2D eigenvalue weighted by molar-refractivity contribution is -0.689. The van der Waals surface area contributed by atoms with Crippen LogP contribution in [0.5, 0.6) is 34.5 Å². The first-order valence-electron chi connectivity index (χ1n) is 16.5. The monoisotopic (exact) mass is 744 g/mol. The Labute approximate surface area is 307 Å². The molecule has 14 heteroatoms. The minimum atomic E-state index is -0.326. The normalized spacial score (nSPS) is 10.8. The van der Waals surface area contributed by atoms with Gasteiger partial charge in [0.2, 0.25) is 22.5 Å². The Balaban J connectivity index is 1.15. The van der Waals surface area contributed by atoms with Crippen molar-refractivity contribution in [3.05, 3.63) is 67.6 Å². The smallest absolute Gasteiger partial charge is 0.305 e. The number of hydrogen-bond acceptors (Lipinski definition) is 12. The van der Waals surface area contributed by atoms with E-state index in [0.717, 1.165) is 32.3 Å². The van der Waals surface area contributed by atoms with Crippen LogP contribution in [0.3, 0.4) is 0 Å². The number of hydrogen-bond donors (Lipinski definition) is 0. The number of carbonyl (C=O) groups is 2. The van der Waals surface area contributed by atoms with E-state index in [2.05, 4.69) is 20.2 Å². The molecule has 0 aliphatic heterocycles. The summed E-state index contributed by atoms with van der Waals surface area (Å²) in [5, 5.41) is 0. The number of esters is 2. The van der Waals surface area contributed by atoms with Gasteiger partial charge in [0.15, 0.2) is 47.5 Å². The molecular formula is C37H48N2O10S2+2. The minimum absolute atomic E-state index is 0.157. The molecule has 0 spiro atoms. The van der Waals surface area contributed by atoms with Crippen molar-refractivity contribution in [3.63, 3.8) is 0 Å². The Kier molecular flexibility index (Phi) is 14.7. The summed E-state index contributed by atoms with van der Waals surface area (Å²) in [5.74, 6) is 2.88. The zero-order valence-electron chi connectivity index (χ0n) is 30.6. The molecule has 4 rings (SSSR count). The zero-order valence-corrected chi connectivity index (χ0v) is 32.3. The molecule has 51 heavy (non-hydrogen) atoms. The molecule has 0 aliphatic carbocycles. The maximum Gasteiger partial charge on any atom is 0.305 e. The highest BCUT2D eigenvalue weighted by Crippen LogP contribution is 2.39. The van der Waals surface area contributed by atoms with Crippen molar-refractivity contribution in [2.75, 3.05) is 55.9 Å². The van der Waals surface area contributed by atoms with Gasteiger partial charge in [-0.1, -0.05) is 22.7 Å². The third-order valence-corrected chi connectivity index (χ3v) is 10.7. The zero-order chi connectivity index (χ0) is 36.9. The van der Waals surface area contributed by atoms with Gasteiger partial charge in [-0.15, -0.1) is 0 Å². The third-order valence-electron chi connectivity index (χ3n) is 8.41. The second-order valence-corrected chi connectivity index (χ2v) is 13.5. The van der Waals surface area contributed by atoms with E-state index in [1.807, 2.05) is 38.1 Å². The van der Waals surface area contributed by atoms with Crippen molar-refractivity contribution in [1.82, 2.24) is 0 Å². The molecule has 2 aromatic carbocycles. The van der Waals surface area contributed by atoms with Crippen LogP contribution in [0.4, 0.5) is 0 Å². The van der Waals surface area contributed by atoms with Crippen LogP contribution < -0.4 is 37.6 Å². The first kappa shape index (κ1) is 39.2. The van der Waals surface area contributed by atoms with Gasteiger partial charge in [0.1, 0.15) is 0 Å². The fourth-order valence-electron chi connectivity index (χ4n) is 5.58. The molecule has 2 aromatic heterocycles. The molecule has 12 nitrogen and oxygen atoms in total. The predicted molar refractivity (Wildman–Crippen MR) is 192 cm³/mol. The third kappa shape index (κ3) is 10.3. The van der Waals surface area contributed by atoms with Gasteiger partial charge >= 0.3 is 11.9 Å². The van der Waals surface area contributed by atoms with Gasteiger partial charge in [-0.3, -0.25) is 9.59 Å². The van der Waals surface area contributed by atoms with Gasteiger partial charge in [0.05, 0.1) is 65.6 Å². The number of benzene rings is 2.